The van der Waals surface area contributed by atoms with Crippen molar-refractivity contribution in [1.29, 1.82) is 0 Å². The maximum absolute atomic E-state index is 11.9. The fraction of sp³-hybridized carbons (Fsp3) is 0.200. The molecule has 5 nitrogen and oxygen atoms in total. The third kappa shape index (κ3) is 1.76. The molecule has 0 aliphatic heterocycles. The van der Waals surface area contributed by atoms with Crippen LogP contribution in [0.2, 0.25) is 0 Å². The standard InChI is InChI=1S/C10H10N4O/c1-7-3-4-8(11-5-7)9(15)10-12-6-13-14(10)2/h3-6H,1-2H3. The summed E-state index contributed by atoms with van der Waals surface area (Å²) in [5.41, 5.74) is 1.40. The Balaban J connectivity index is 2.37. The highest BCUT2D eigenvalue weighted by molar-refractivity contribution is 6.05. The average molecular weight is 202 g/mol. The lowest BCUT2D eigenvalue weighted by Gasteiger charge is -1.99. The summed E-state index contributed by atoms with van der Waals surface area (Å²) >= 11 is 0. The monoisotopic (exact) mass is 202 g/mol. The molecule has 76 valence electrons. The SMILES string of the molecule is Cc1ccc(C(=O)c2ncnn2C)nc1. The van der Waals surface area contributed by atoms with Gasteiger partial charge in [-0.3, -0.25) is 9.78 Å². The van der Waals surface area contributed by atoms with Crippen LogP contribution < -0.4 is 0 Å². The molecule has 0 amide bonds. The first kappa shape index (κ1) is 9.51. The number of carbonyl (C=O) groups is 1. The number of pyridine rings is 1. The van der Waals surface area contributed by atoms with Crippen molar-refractivity contribution >= 4 is 5.78 Å². The van der Waals surface area contributed by atoms with Crippen LogP contribution in [-0.2, 0) is 7.05 Å². The lowest BCUT2D eigenvalue weighted by molar-refractivity contribution is 0.102. The van der Waals surface area contributed by atoms with E-state index in [4.69, 9.17) is 0 Å². The Labute approximate surface area is 86.8 Å². The van der Waals surface area contributed by atoms with E-state index in [-0.39, 0.29) is 5.78 Å². The van der Waals surface area contributed by atoms with E-state index in [1.165, 1.54) is 11.0 Å². The summed E-state index contributed by atoms with van der Waals surface area (Å²) in [6, 6.07) is 3.53. The van der Waals surface area contributed by atoms with Gasteiger partial charge in [0.25, 0.3) is 0 Å². The molecule has 0 N–H and O–H groups in total. The van der Waals surface area contributed by atoms with Crippen LogP contribution >= 0.6 is 0 Å². The summed E-state index contributed by atoms with van der Waals surface area (Å²) in [7, 11) is 1.68. The van der Waals surface area contributed by atoms with E-state index in [9.17, 15) is 4.79 Å². The molecule has 0 radical (unpaired) electrons. The van der Waals surface area contributed by atoms with E-state index in [0.717, 1.165) is 5.56 Å². The molecule has 2 rings (SSSR count). The molecule has 5 heteroatoms. The Bertz CT molecular complexity index is 486. The van der Waals surface area contributed by atoms with Gasteiger partial charge >= 0.3 is 0 Å². The molecule has 2 heterocycles. The fourth-order valence-electron chi connectivity index (χ4n) is 1.22. The van der Waals surface area contributed by atoms with E-state index >= 15 is 0 Å². The second kappa shape index (κ2) is 3.61. The normalized spacial score (nSPS) is 10.3. The van der Waals surface area contributed by atoms with Crippen molar-refractivity contribution in [3.8, 4) is 0 Å². The lowest BCUT2D eigenvalue weighted by atomic mass is 10.2. The number of aromatic nitrogens is 4. The highest BCUT2D eigenvalue weighted by atomic mass is 16.1. The van der Waals surface area contributed by atoms with E-state index in [1.807, 2.05) is 13.0 Å². The molecule has 0 unspecified atom stereocenters. The molecule has 0 saturated heterocycles. The molecule has 0 aliphatic rings. The zero-order valence-corrected chi connectivity index (χ0v) is 8.51. The van der Waals surface area contributed by atoms with Crippen molar-refractivity contribution in [2.24, 2.45) is 7.05 Å². The maximum Gasteiger partial charge on any atom is 0.248 e. The van der Waals surface area contributed by atoms with Gasteiger partial charge in [0, 0.05) is 13.2 Å². The topological polar surface area (TPSA) is 60.7 Å². The summed E-state index contributed by atoms with van der Waals surface area (Å²) in [6.07, 6.45) is 3.00. The van der Waals surface area contributed by atoms with Gasteiger partial charge in [0.2, 0.25) is 11.6 Å². The van der Waals surface area contributed by atoms with Crippen LogP contribution in [0.1, 0.15) is 21.9 Å². The molecule has 0 spiro atoms. The van der Waals surface area contributed by atoms with Gasteiger partial charge in [-0.2, -0.15) is 5.10 Å². The van der Waals surface area contributed by atoms with E-state index in [1.54, 1.807) is 19.3 Å². The van der Waals surface area contributed by atoms with Gasteiger partial charge in [-0.05, 0) is 18.6 Å². The third-order valence-electron chi connectivity index (χ3n) is 2.06. The minimum Gasteiger partial charge on any atom is -0.283 e. The maximum atomic E-state index is 11.9. The van der Waals surface area contributed by atoms with Crippen molar-refractivity contribution in [2.45, 2.75) is 6.92 Å². The van der Waals surface area contributed by atoms with Crippen LogP contribution in [0.3, 0.4) is 0 Å². The summed E-state index contributed by atoms with van der Waals surface area (Å²) in [4.78, 5) is 19.8. The quantitative estimate of drug-likeness (QED) is 0.674. The van der Waals surface area contributed by atoms with Crippen molar-refractivity contribution < 1.29 is 4.79 Å². The van der Waals surface area contributed by atoms with E-state index < -0.39 is 0 Å². The van der Waals surface area contributed by atoms with Crippen molar-refractivity contribution in [1.82, 2.24) is 19.7 Å². The Hall–Kier alpha value is -2.04. The van der Waals surface area contributed by atoms with Crippen molar-refractivity contribution in [3.05, 3.63) is 41.7 Å². The molecular formula is C10H10N4O. The average Bonchev–Trinajstić information content (AvgIpc) is 2.65. The van der Waals surface area contributed by atoms with Crippen molar-refractivity contribution in [2.75, 3.05) is 0 Å². The van der Waals surface area contributed by atoms with Gasteiger partial charge in [-0.15, -0.1) is 0 Å². The molecular weight excluding hydrogens is 192 g/mol. The van der Waals surface area contributed by atoms with Crippen LogP contribution in [0, 0.1) is 6.92 Å². The number of nitrogens with zero attached hydrogens (tertiary/aromatic N) is 4. The van der Waals surface area contributed by atoms with Gasteiger partial charge in [0.1, 0.15) is 12.0 Å². The molecule has 0 bridgehead atoms. The number of hydrogen-bond acceptors (Lipinski definition) is 4. The summed E-state index contributed by atoms with van der Waals surface area (Å²) in [5.74, 6) is 0.0846. The number of ketones is 1. The minimum atomic E-state index is -0.213. The molecule has 0 aromatic carbocycles. The Morgan fingerprint density at radius 2 is 2.13 bits per heavy atom. The first-order chi connectivity index (χ1) is 7.18. The van der Waals surface area contributed by atoms with Gasteiger partial charge in [0.15, 0.2) is 0 Å². The van der Waals surface area contributed by atoms with Crippen LogP contribution in [0.5, 0.6) is 0 Å². The predicted octanol–water partition coefficient (Wildman–Crippen LogP) is 0.750. The predicted molar refractivity (Wildman–Crippen MR) is 53.4 cm³/mol. The van der Waals surface area contributed by atoms with Crippen LogP contribution in [0.4, 0.5) is 0 Å². The van der Waals surface area contributed by atoms with E-state index in [2.05, 4.69) is 15.1 Å². The Kier molecular flexibility index (Phi) is 2.29. The number of carbonyl (C=O) groups excluding carboxylic acids is 1. The lowest BCUT2D eigenvalue weighted by Crippen LogP contribution is -2.11. The van der Waals surface area contributed by atoms with E-state index in [0.29, 0.717) is 11.5 Å². The largest absolute Gasteiger partial charge is 0.283 e. The second-order valence-electron chi connectivity index (χ2n) is 3.26. The van der Waals surface area contributed by atoms with Gasteiger partial charge in [-0.1, -0.05) is 6.07 Å². The van der Waals surface area contributed by atoms with Gasteiger partial charge in [0.05, 0.1) is 0 Å². The smallest absolute Gasteiger partial charge is 0.248 e. The molecule has 0 saturated carbocycles. The molecule has 2 aromatic heterocycles. The summed E-state index contributed by atoms with van der Waals surface area (Å²) < 4.78 is 1.43. The van der Waals surface area contributed by atoms with Crippen LogP contribution in [0.25, 0.3) is 0 Å². The first-order valence-corrected chi connectivity index (χ1v) is 4.50. The Morgan fingerprint density at radius 3 is 2.67 bits per heavy atom. The summed E-state index contributed by atoms with van der Waals surface area (Å²) in [5, 5.41) is 3.84. The zero-order valence-electron chi connectivity index (χ0n) is 8.51. The Morgan fingerprint density at radius 1 is 1.33 bits per heavy atom. The number of aryl methyl sites for hydroxylation is 2. The third-order valence-corrected chi connectivity index (χ3v) is 2.06. The highest BCUT2D eigenvalue weighted by Crippen LogP contribution is 2.04. The fourth-order valence-corrected chi connectivity index (χ4v) is 1.22. The molecule has 15 heavy (non-hydrogen) atoms. The number of hydrogen-bond donors (Lipinski definition) is 0. The molecule has 0 fully saturated rings. The molecule has 0 atom stereocenters. The zero-order chi connectivity index (χ0) is 10.8. The molecule has 2 aromatic rings. The second-order valence-corrected chi connectivity index (χ2v) is 3.26. The summed E-state index contributed by atoms with van der Waals surface area (Å²) in [6.45, 7) is 1.92. The minimum absolute atomic E-state index is 0.213. The van der Waals surface area contributed by atoms with Crippen LogP contribution in [-0.4, -0.2) is 25.5 Å². The number of rotatable bonds is 2. The first-order valence-electron chi connectivity index (χ1n) is 4.50. The molecule has 0 aliphatic carbocycles. The van der Waals surface area contributed by atoms with Gasteiger partial charge in [-0.25, -0.2) is 9.67 Å². The van der Waals surface area contributed by atoms with Gasteiger partial charge < -0.3 is 0 Å². The highest BCUT2D eigenvalue weighted by Gasteiger charge is 2.15. The van der Waals surface area contributed by atoms with Crippen LogP contribution in [0.15, 0.2) is 24.7 Å². The van der Waals surface area contributed by atoms with Crippen molar-refractivity contribution in [3.63, 3.8) is 0 Å².